The van der Waals surface area contributed by atoms with Gasteiger partial charge < -0.3 is 5.32 Å². The minimum absolute atomic E-state index is 0.165. The number of benzene rings is 1. The van der Waals surface area contributed by atoms with Crippen molar-refractivity contribution in [1.82, 2.24) is 14.8 Å². The number of aryl methyl sites for hydroxylation is 1. The van der Waals surface area contributed by atoms with Crippen molar-refractivity contribution in [3.05, 3.63) is 44.6 Å². The largest absolute Gasteiger partial charge is 0.323 e. The van der Waals surface area contributed by atoms with Crippen LogP contribution in [0.25, 0.3) is 11.4 Å². The number of halogens is 2. The van der Waals surface area contributed by atoms with E-state index in [-0.39, 0.29) is 17.7 Å². The van der Waals surface area contributed by atoms with Gasteiger partial charge >= 0.3 is 0 Å². The molecular weight excluding hydrogens is 435 g/mol. The first kappa shape index (κ1) is 21.2. The molecule has 0 fully saturated rings. The first-order chi connectivity index (χ1) is 13.4. The number of thioether (sulfide) groups is 1. The van der Waals surface area contributed by atoms with E-state index in [2.05, 4.69) is 52.3 Å². The highest BCUT2D eigenvalue weighted by atomic mass is 35.5. The molecule has 0 unspecified atom stereocenters. The van der Waals surface area contributed by atoms with Gasteiger partial charge in [0.1, 0.15) is 0 Å². The monoisotopic (exact) mass is 454 g/mol. The van der Waals surface area contributed by atoms with Gasteiger partial charge in [0.2, 0.25) is 5.91 Å². The molecule has 9 heteroatoms. The predicted molar refractivity (Wildman–Crippen MR) is 119 cm³/mol. The Morgan fingerprint density at radius 2 is 2.00 bits per heavy atom. The normalized spacial score (nSPS) is 11.2. The van der Waals surface area contributed by atoms with E-state index in [0.29, 0.717) is 20.9 Å². The van der Waals surface area contributed by atoms with Crippen LogP contribution >= 0.6 is 46.3 Å². The Balaban J connectivity index is 1.74. The topological polar surface area (TPSA) is 59.8 Å². The number of aromatic nitrogens is 3. The summed E-state index contributed by atoms with van der Waals surface area (Å²) < 4.78 is 2.06. The number of para-hydroxylation sites is 1. The molecule has 0 atom stereocenters. The molecule has 28 heavy (non-hydrogen) atoms. The number of thiophene rings is 1. The van der Waals surface area contributed by atoms with Crippen molar-refractivity contribution in [3.63, 3.8) is 0 Å². The molecule has 0 aliphatic heterocycles. The van der Waals surface area contributed by atoms with Gasteiger partial charge in [-0.3, -0.25) is 9.36 Å². The van der Waals surface area contributed by atoms with Crippen molar-refractivity contribution in [1.29, 1.82) is 0 Å². The van der Waals surface area contributed by atoms with Gasteiger partial charge in [-0.1, -0.05) is 48.0 Å². The van der Waals surface area contributed by atoms with Gasteiger partial charge in [-0.25, -0.2) is 0 Å². The third-order valence-corrected chi connectivity index (χ3v) is 6.65. The number of carbonyl (C=O) groups is 1. The van der Waals surface area contributed by atoms with Crippen molar-refractivity contribution < 1.29 is 4.79 Å². The molecule has 1 N–H and O–H groups in total. The van der Waals surface area contributed by atoms with Crippen LogP contribution in [0.1, 0.15) is 31.7 Å². The molecule has 2 heterocycles. The van der Waals surface area contributed by atoms with Crippen LogP contribution in [0.4, 0.5) is 5.69 Å². The molecule has 0 saturated carbocycles. The Hall–Kier alpha value is -1.54. The van der Waals surface area contributed by atoms with Gasteiger partial charge in [0.05, 0.1) is 21.5 Å². The summed E-state index contributed by atoms with van der Waals surface area (Å²) in [5, 5.41) is 15.1. The minimum Gasteiger partial charge on any atom is -0.323 e. The van der Waals surface area contributed by atoms with Crippen LogP contribution in [0.3, 0.4) is 0 Å². The first-order valence-electron chi connectivity index (χ1n) is 8.80. The summed E-state index contributed by atoms with van der Waals surface area (Å²) in [5.41, 5.74) is 1.48. The maximum Gasteiger partial charge on any atom is 0.234 e. The molecule has 0 radical (unpaired) electrons. The Bertz CT molecular complexity index is 964. The van der Waals surface area contributed by atoms with Crippen LogP contribution in [0, 0.1) is 0 Å². The second kappa shape index (κ2) is 9.31. The zero-order valence-corrected chi connectivity index (χ0v) is 18.8. The van der Waals surface area contributed by atoms with Gasteiger partial charge in [0, 0.05) is 21.9 Å². The summed E-state index contributed by atoms with van der Waals surface area (Å²) in [5.74, 6) is 0.794. The number of amides is 1. The average Bonchev–Trinajstić information content (AvgIpc) is 3.29. The third-order valence-electron chi connectivity index (χ3n) is 4.00. The van der Waals surface area contributed by atoms with E-state index in [1.54, 1.807) is 29.5 Å². The molecule has 3 aromatic rings. The lowest BCUT2D eigenvalue weighted by molar-refractivity contribution is -0.113. The first-order valence-corrected chi connectivity index (χ1v) is 11.4. The zero-order valence-electron chi connectivity index (χ0n) is 15.7. The number of hydrogen-bond acceptors (Lipinski definition) is 5. The highest BCUT2D eigenvalue weighted by Crippen LogP contribution is 2.32. The molecule has 0 aliphatic rings. The number of rotatable bonds is 7. The number of nitrogens with one attached hydrogen (secondary N) is 1. The number of anilines is 1. The summed E-state index contributed by atoms with van der Waals surface area (Å²) >= 11 is 15.3. The molecule has 3 rings (SSSR count). The second-order valence-electron chi connectivity index (χ2n) is 6.36. The minimum atomic E-state index is -0.205. The lowest BCUT2D eigenvalue weighted by Gasteiger charge is -2.13. The molecular formula is C19H20Cl2N4OS2. The Morgan fingerprint density at radius 1 is 1.29 bits per heavy atom. The summed E-state index contributed by atoms with van der Waals surface area (Å²) in [4.78, 5) is 13.7. The van der Waals surface area contributed by atoms with E-state index < -0.39 is 0 Å². The molecule has 5 nitrogen and oxygen atoms in total. The van der Waals surface area contributed by atoms with Crippen molar-refractivity contribution in [2.24, 2.45) is 0 Å². The van der Waals surface area contributed by atoms with Crippen molar-refractivity contribution in [2.75, 3.05) is 11.1 Å². The smallest absolute Gasteiger partial charge is 0.234 e. The van der Waals surface area contributed by atoms with E-state index in [1.165, 1.54) is 16.6 Å². The van der Waals surface area contributed by atoms with Gasteiger partial charge in [0.15, 0.2) is 11.0 Å². The summed E-state index contributed by atoms with van der Waals surface area (Å²) in [6, 6.07) is 7.41. The maximum atomic E-state index is 12.4. The van der Waals surface area contributed by atoms with Crippen LogP contribution in [0.15, 0.2) is 34.8 Å². The number of hydrogen-bond donors (Lipinski definition) is 1. The molecule has 1 amide bonds. The highest BCUT2D eigenvalue weighted by molar-refractivity contribution is 7.99. The van der Waals surface area contributed by atoms with Crippen LogP contribution in [0.2, 0.25) is 10.0 Å². The zero-order chi connectivity index (χ0) is 20.3. The van der Waals surface area contributed by atoms with E-state index in [0.717, 1.165) is 17.8 Å². The lowest BCUT2D eigenvalue weighted by atomic mass is 10.2. The molecule has 0 saturated heterocycles. The highest BCUT2D eigenvalue weighted by Gasteiger charge is 2.19. The van der Waals surface area contributed by atoms with Crippen molar-refractivity contribution in [2.45, 2.75) is 38.4 Å². The molecule has 1 aromatic carbocycles. The summed E-state index contributed by atoms with van der Waals surface area (Å²) in [6.45, 7) is 6.29. The number of carbonyl (C=O) groups excluding carboxylic acids is 1. The van der Waals surface area contributed by atoms with Gasteiger partial charge in [-0.2, -0.15) is 0 Å². The molecule has 0 aliphatic carbocycles. The van der Waals surface area contributed by atoms with Crippen molar-refractivity contribution in [3.8, 4) is 11.4 Å². The van der Waals surface area contributed by atoms with Crippen LogP contribution in [0.5, 0.6) is 0 Å². The van der Waals surface area contributed by atoms with Crippen molar-refractivity contribution >= 4 is 57.9 Å². The second-order valence-corrected chi connectivity index (χ2v) is 9.11. The van der Waals surface area contributed by atoms with E-state index in [1.807, 2.05) is 0 Å². The fourth-order valence-corrected chi connectivity index (χ4v) is 4.82. The van der Waals surface area contributed by atoms with Gasteiger partial charge in [0.25, 0.3) is 0 Å². The van der Waals surface area contributed by atoms with E-state index in [4.69, 9.17) is 23.2 Å². The van der Waals surface area contributed by atoms with E-state index >= 15 is 0 Å². The molecule has 148 valence electrons. The van der Waals surface area contributed by atoms with Gasteiger partial charge in [-0.15, -0.1) is 21.5 Å². The molecule has 2 aromatic heterocycles. The molecule has 0 bridgehead atoms. The lowest BCUT2D eigenvalue weighted by Crippen LogP contribution is -2.15. The van der Waals surface area contributed by atoms with Crippen LogP contribution in [-0.2, 0) is 11.2 Å². The SMILES string of the molecule is CCc1cc(-c2nnc(SCC(=O)Nc3c(Cl)cccc3Cl)n2C(C)C)cs1. The summed E-state index contributed by atoms with van der Waals surface area (Å²) in [7, 11) is 0. The molecule has 0 spiro atoms. The predicted octanol–water partition coefficient (Wildman–Crippen LogP) is 6.19. The standard InChI is InChI=1S/C19H20Cl2N4OS2/c1-4-13-8-12(9-27-13)18-23-24-19(25(18)11(2)3)28-10-16(26)22-17-14(20)6-5-7-15(17)21/h5-9,11H,4,10H2,1-3H3,(H,22,26). The quantitative estimate of drug-likeness (QED) is 0.432. The third kappa shape index (κ3) is 4.71. The number of nitrogens with zero attached hydrogens (tertiary/aromatic N) is 3. The maximum absolute atomic E-state index is 12.4. The Labute approximate surface area is 182 Å². The fraction of sp³-hybridized carbons (Fsp3) is 0.316. The van der Waals surface area contributed by atoms with Crippen LogP contribution < -0.4 is 5.32 Å². The van der Waals surface area contributed by atoms with Gasteiger partial charge in [-0.05, 0) is 38.5 Å². The van der Waals surface area contributed by atoms with E-state index in [9.17, 15) is 4.79 Å². The Kier molecular flexibility index (Phi) is 7.04. The fourth-order valence-electron chi connectivity index (χ4n) is 2.64. The van der Waals surface area contributed by atoms with Crippen LogP contribution in [-0.4, -0.2) is 26.4 Å². The average molecular weight is 455 g/mol. The Morgan fingerprint density at radius 3 is 2.61 bits per heavy atom. The summed E-state index contributed by atoms with van der Waals surface area (Å²) in [6.07, 6.45) is 0.993.